The molecule has 4 rings (SSSR count). The van der Waals surface area contributed by atoms with Crippen molar-refractivity contribution in [3.05, 3.63) is 94.1 Å². The quantitative estimate of drug-likeness (QED) is 0.496. The van der Waals surface area contributed by atoms with E-state index in [1.807, 2.05) is 0 Å². The minimum absolute atomic E-state index is 1.04. The lowest BCUT2D eigenvalue weighted by Gasteiger charge is -2.18. The van der Waals surface area contributed by atoms with Crippen molar-refractivity contribution in [3.63, 3.8) is 0 Å². The van der Waals surface area contributed by atoms with Crippen LogP contribution in [0, 0.1) is 6.92 Å². The zero-order valence-corrected chi connectivity index (χ0v) is 16.8. The van der Waals surface area contributed by atoms with Crippen molar-refractivity contribution < 1.29 is 0 Å². The molecule has 0 unspecified atom stereocenters. The first-order valence-corrected chi connectivity index (χ1v) is 10.4. The third kappa shape index (κ3) is 3.86. The zero-order valence-electron chi connectivity index (χ0n) is 16.8. The molecule has 0 bridgehead atoms. The molecule has 0 heteroatoms. The molecule has 0 spiro atoms. The Hall–Kier alpha value is -2.34. The van der Waals surface area contributed by atoms with Crippen molar-refractivity contribution >= 4 is 11.1 Å². The molecule has 0 aromatic heterocycles. The second-order valence-corrected chi connectivity index (χ2v) is 8.19. The summed E-state index contributed by atoms with van der Waals surface area (Å²) in [4.78, 5) is 0. The van der Waals surface area contributed by atoms with E-state index < -0.39 is 0 Å². The normalized spacial score (nSPS) is 16.1. The topological polar surface area (TPSA) is 0 Å². The van der Waals surface area contributed by atoms with Crippen LogP contribution in [0.15, 0.2) is 60.7 Å². The highest BCUT2D eigenvalue weighted by Gasteiger charge is 2.15. The molecule has 2 aromatic rings. The summed E-state index contributed by atoms with van der Waals surface area (Å²) in [6.07, 6.45) is 12.9. The summed E-state index contributed by atoms with van der Waals surface area (Å²) in [7, 11) is 0. The van der Waals surface area contributed by atoms with Gasteiger partial charge in [-0.3, -0.25) is 0 Å². The van der Waals surface area contributed by atoms with Gasteiger partial charge < -0.3 is 0 Å². The molecule has 27 heavy (non-hydrogen) atoms. The van der Waals surface area contributed by atoms with E-state index >= 15 is 0 Å². The average Bonchev–Trinajstić information content (AvgIpc) is 3.17. The van der Waals surface area contributed by atoms with Gasteiger partial charge in [-0.1, -0.05) is 74.0 Å². The van der Waals surface area contributed by atoms with E-state index in [0.29, 0.717) is 0 Å². The number of allylic oxidation sites excluding steroid dienone is 5. The summed E-state index contributed by atoms with van der Waals surface area (Å²) in [6, 6.07) is 14.1. The lowest BCUT2D eigenvalue weighted by atomic mass is 9.87. The molecule has 138 valence electrons. The Morgan fingerprint density at radius 3 is 2.63 bits per heavy atom. The van der Waals surface area contributed by atoms with Crippen LogP contribution in [0.2, 0.25) is 0 Å². The Morgan fingerprint density at radius 1 is 0.963 bits per heavy atom. The number of rotatable bonds is 5. The second kappa shape index (κ2) is 7.72. The fourth-order valence-corrected chi connectivity index (χ4v) is 4.35. The number of fused-ring (bicyclic) bond motifs is 1. The van der Waals surface area contributed by atoms with Crippen molar-refractivity contribution in [1.29, 1.82) is 0 Å². The number of unbranched alkanes of at least 4 members (excludes halogenated alkanes) is 1. The Bertz CT molecular complexity index is 937. The predicted molar refractivity (Wildman–Crippen MR) is 118 cm³/mol. The van der Waals surface area contributed by atoms with Crippen LogP contribution in [0.1, 0.15) is 66.0 Å². The summed E-state index contributed by atoms with van der Waals surface area (Å²) in [5.41, 5.74) is 12.9. The molecule has 0 radical (unpaired) electrons. The van der Waals surface area contributed by atoms with Gasteiger partial charge in [0.25, 0.3) is 0 Å². The average molecular weight is 355 g/mol. The second-order valence-electron chi connectivity index (χ2n) is 8.19. The van der Waals surface area contributed by atoms with E-state index in [4.69, 9.17) is 0 Å². The lowest BCUT2D eigenvalue weighted by molar-refractivity contribution is 0.791. The summed E-state index contributed by atoms with van der Waals surface area (Å²) in [5.74, 6) is 0. The molecule has 0 amide bonds. The van der Waals surface area contributed by atoms with Crippen LogP contribution in [0.3, 0.4) is 0 Å². The highest BCUT2D eigenvalue weighted by Crippen LogP contribution is 2.35. The molecule has 0 aliphatic heterocycles. The number of hydrogen-bond donors (Lipinski definition) is 0. The molecule has 0 heterocycles. The zero-order chi connectivity index (χ0) is 18.8. The highest BCUT2D eigenvalue weighted by atomic mass is 14.2. The van der Waals surface area contributed by atoms with Crippen LogP contribution < -0.4 is 0 Å². The van der Waals surface area contributed by atoms with E-state index in [0.717, 1.165) is 25.7 Å². The van der Waals surface area contributed by atoms with Crippen LogP contribution in [-0.2, 0) is 19.3 Å². The van der Waals surface area contributed by atoms with Gasteiger partial charge in [-0.15, -0.1) is 0 Å². The maximum absolute atomic E-state index is 4.17. The highest BCUT2D eigenvalue weighted by molar-refractivity contribution is 5.89. The van der Waals surface area contributed by atoms with E-state index in [1.54, 1.807) is 0 Å². The van der Waals surface area contributed by atoms with Crippen LogP contribution in [0.25, 0.3) is 11.1 Å². The first-order chi connectivity index (χ1) is 13.1. The van der Waals surface area contributed by atoms with Gasteiger partial charge in [-0.25, -0.2) is 0 Å². The van der Waals surface area contributed by atoms with E-state index in [9.17, 15) is 0 Å². The summed E-state index contributed by atoms with van der Waals surface area (Å²) in [5, 5.41) is 0. The van der Waals surface area contributed by atoms with Gasteiger partial charge in [-0.2, -0.15) is 0 Å². The molecular weight excluding hydrogens is 324 g/mol. The van der Waals surface area contributed by atoms with Gasteiger partial charge in [0.15, 0.2) is 0 Å². The Kier molecular flexibility index (Phi) is 5.16. The van der Waals surface area contributed by atoms with Gasteiger partial charge in [0.1, 0.15) is 0 Å². The first-order valence-electron chi connectivity index (χ1n) is 10.4. The Balaban J connectivity index is 1.55. The maximum atomic E-state index is 4.17. The van der Waals surface area contributed by atoms with Crippen molar-refractivity contribution in [2.45, 2.75) is 58.8 Å². The smallest absolute Gasteiger partial charge is 0.00670 e. The molecule has 0 saturated carbocycles. The van der Waals surface area contributed by atoms with Gasteiger partial charge >= 0.3 is 0 Å². The molecule has 0 saturated heterocycles. The SMILES string of the molecule is C=C1CCc2cc(C3=CCC(c4ccc(CCCC)c(C)c4)=C3)ccc2C1. The lowest BCUT2D eigenvalue weighted by Crippen LogP contribution is -2.05. The minimum atomic E-state index is 1.04. The van der Waals surface area contributed by atoms with E-state index in [2.05, 4.69) is 69.0 Å². The first kappa shape index (κ1) is 18.0. The largest absolute Gasteiger partial charge is 0.0995 e. The van der Waals surface area contributed by atoms with E-state index in [-0.39, 0.29) is 0 Å². The van der Waals surface area contributed by atoms with Crippen molar-refractivity contribution in [2.24, 2.45) is 0 Å². The van der Waals surface area contributed by atoms with Crippen molar-refractivity contribution in [2.75, 3.05) is 0 Å². The summed E-state index contributed by atoms with van der Waals surface area (Å²) < 4.78 is 0. The van der Waals surface area contributed by atoms with Crippen molar-refractivity contribution in [3.8, 4) is 0 Å². The Morgan fingerprint density at radius 2 is 1.81 bits per heavy atom. The van der Waals surface area contributed by atoms with Gasteiger partial charge in [0.2, 0.25) is 0 Å². The van der Waals surface area contributed by atoms with Crippen LogP contribution in [-0.4, -0.2) is 0 Å². The van der Waals surface area contributed by atoms with Crippen molar-refractivity contribution in [1.82, 2.24) is 0 Å². The predicted octanol–water partition coefficient (Wildman–Crippen LogP) is 7.25. The Labute approximate surface area is 164 Å². The minimum Gasteiger partial charge on any atom is -0.0995 e. The number of benzene rings is 2. The fraction of sp³-hybridized carbons (Fsp3) is 0.333. The molecular formula is C27H30. The molecule has 0 nitrogen and oxygen atoms in total. The van der Waals surface area contributed by atoms with E-state index in [1.165, 1.54) is 69.4 Å². The molecule has 2 aliphatic rings. The number of aryl methyl sites for hydroxylation is 3. The summed E-state index contributed by atoms with van der Waals surface area (Å²) >= 11 is 0. The molecule has 0 atom stereocenters. The molecule has 2 aromatic carbocycles. The third-order valence-electron chi connectivity index (χ3n) is 6.11. The third-order valence-corrected chi connectivity index (χ3v) is 6.11. The maximum Gasteiger partial charge on any atom is -0.00670 e. The standard InChI is InChI=1S/C27H30/c1-4-5-6-21-9-10-23(16-20(21)3)25-13-14-27(18-25)26-12-11-22-15-19(2)7-8-24(22)17-26/h9-12,14,16-18H,2,4-8,13,15H2,1,3H3. The van der Waals surface area contributed by atoms with Gasteiger partial charge in [0.05, 0.1) is 0 Å². The van der Waals surface area contributed by atoms with Gasteiger partial charge in [0, 0.05) is 0 Å². The van der Waals surface area contributed by atoms with Crippen LogP contribution in [0.5, 0.6) is 0 Å². The number of hydrogen-bond acceptors (Lipinski definition) is 0. The fourth-order valence-electron chi connectivity index (χ4n) is 4.35. The molecule has 0 fully saturated rings. The van der Waals surface area contributed by atoms with Crippen LogP contribution >= 0.6 is 0 Å². The monoisotopic (exact) mass is 354 g/mol. The molecule has 0 N–H and O–H groups in total. The molecule has 2 aliphatic carbocycles. The van der Waals surface area contributed by atoms with Gasteiger partial charge in [-0.05, 0) is 90.0 Å². The summed E-state index contributed by atoms with van der Waals surface area (Å²) in [6.45, 7) is 8.69. The van der Waals surface area contributed by atoms with Crippen LogP contribution in [0.4, 0.5) is 0 Å².